The average Bonchev–Trinajstić information content (AvgIpc) is 2.44. The normalized spacial score (nSPS) is 12.5. The number of nitrogens with zero attached hydrogens (tertiary/aromatic N) is 1. The first-order valence-corrected chi connectivity index (χ1v) is 8.17. The van der Waals surface area contributed by atoms with Crippen LogP contribution in [0, 0.1) is 11.3 Å². The number of hydrogen-bond acceptors (Lipinski definition) is 4. The third kappa shape index (κ3) is 4.70. The Labute approximate surface area is 129 Å². The minimum Gasteiger partial charge on any atom is -0.355 e. The Balaban J connectivity index is 2.89. The second-order valence-electron chi connectivity index (χ2n) is 4.39. The molecule has 2 N–H and O–H groups in total. The summed E-state index contributed by atoms with van der Waals surface area (Å²) in [6.07, 6.45) is 0.760. The first kappa shape index (κ1) is 17.4. The summed E-state index contributed by atoms with van der Waals surface area (Å²) in [6.45, 7) is 3.83. The molecule has 1 aromatic carbocycles. The van der Waals surface area contributed by atoms with Crippen LogP contribution in [0.2, 0.25) is 5.02 Å². The van der Waals surface area contributed by atoms with Gasteiger partial charge in [0.05, 0.1) is 21.5 Å². The SMILES string of the molecule is CCCNC(=O)[C@@H](C)NS(=O)(=O)c1ccc(C#N)c(Cl)c1. The molecule has 6 nitrogen and oxygen atoms in total. The van der Waals surface area contributed by atoms with Gasteiger partial charge >= 0.3 is 0 Å². The van der Waals surface area contributed by atoms with E-state index >= 15 is 0 Å². The zero-order chi connectivity index (χ0) is 16.0. The van der Waals surface area contributed by atoms with Gasteiger partial charge in [0, 0.05) is 6.54 Å². The van der Waals surface area contributed by atoms with Crippen molar-refractivity contribution in [3.8, 4) is 6.07 Å². The molecular formula is C13H16ClN3O3S. The van der Waals surface area contributed by atoms with E-state index in [4.69, 9.17) is 16.9 Å². The zero-order valence-corrected chi connectivity index (χ0v) is 13.3. The van der Waals surface area contributed by atoms with Gasteiger partial charge in [0.2, 0.25) is 15.9 Å². The van der Waals surface area contributed by atoms with Gasteiger partial charge in [-0.1, -0.05) is 18.5 Å². The average molecular weight is 330 g/mol. The molecule has 21 heavy (non-hydrogen) atoms. The second-order valence-corrected chi connectivity index (χ2v) is 6.51. The molecule has 0 saturated carbocycles. The van der Waals surface area contributed by atoms with Crippen molar-refractivity contribution >= 4 is 27.5 Å². The highest BCUT2D eigenvalue weighted by Crippen LogP contribution is 2.20. The Morgan fingerprint density at radius 1 is 1.48 bits per heavy atom. The second kappa shape index (κ2) is 7.41. The highest BCUT2D eigenvalue weighted by molar-refractivity contribution is 7.89. The fourth-order valence-corrected chi connectivity index (χ4v) is 3.03. The molecule has 1 aromatic rings. The van der Waals surface area contributed by atoms with Crippen LogP contribution in [0.15, 0.2) is 23.1 Å². The van der Waals surface area contributed by atoms with Crippen molar-refractivity contribution in [3.63, 3.8) is 0 Å². The minimum absolute atomic E-state index is 0.0449. The van der Waals surface area contributed by atoms with Crippen LogP contribution in [0.4, 0.5) is 0 Å². The van der Waals surface area contributed by atoms with Crippen LogP contribution in [0.5, 0.6) is 0 Å². The van der Waals surface area contributed by atoms with Crippen LogP contribution in [0.3, 0.4) is 0 Å². The van der Waals surface area contributed by atoms with Gasteiger partial charge in [-0.15, -0.1) is 0 Å². The van der Waals surface area contributed by atoms with E-state index in [-0.39, 0.29) is 15.5 Å². The molecule has 1 rings (SSSR count). The summed E-state index contributed by atoms with van der Waals surface area (Å²) in [5.74, 6) is -0.403. The predicted octanol–water partition coefficient (Wildman–Crippen LogP) is 1.40. The third-order valence-electron chi connectivity index (χ3n) is 2.65. The quantitative estimate of drug-likeness (QED) is 0.824. The lowest BCUT2D eigenvalue weighted by molar-refractivity contribution is -0.122. The summed E-state index contributed by atoms with van der Waals surface area (Å²) in [7, 11) is -3.88. The standard InChI is InChI=1S/C13H16ClN3O3S/c1-3-6-16-13(18)9(2)17-21(19,20)11-5-4-10(8-15)12(14)7-11/h4-5,7,9,17H,3,6H2,1-2H3,(H,16,18)/t9-/m1/s1. The smallest absolute Gasteiger partial charge is 0.241 e. The Hall–Kier alpha value is -1.62. The molecule has 0 aliphatic heterocycles. The molecule has 0 aromatic heterocycles. The zero-order valence-electron chi connectivity index (χ0n) is 11.7. The lowest BCUT2D eigenvalue weighted by Gasteiger charge is -2.14. The van der Waals surface area contributed by atoms with E-state index in [2.05, 4.69) is 10.0 Å². The molecule has 0 bridgehead atoms. The molecule has 0 saturated heterocycles. The summed E-state index contributed by atoms with van der Waals surface area (Å²) in [5, 5.41) is 11.4. The number of nitrogens with one attached hydrogen (secondary N) is 2. The number of carbonyl (C=O) groups is 1. The molecule has 8 heteroatoms. The monoisotopic (exact) mass is 329 g/mol. The van der Waals surface area contributed by atoms with E-state index in [0.717, 1.165) is 6.42 Å². The first-order valence-electron chi connectivity index (χ1n) is 6.31. The number of rotatable bonds is 6. The van der Waals surface area contributed by atoms with Crippen molar-refractivity contribution < 1.29 is 13.2 Å². The van der Waals surface area contributed by atoms with Gasteiger partial charge in [-0.05, 0) is 31.5 Å². The van der Waals surface area contributed by atoms with E-state index in [0.29, 0.717) is 6.54 Å². The molecule has 0 radical (unpaired) electrons. The van der Waals surface area contributed by atoms with Crippen LogP contribution in [0.1, 0.15) is 25.8 Å². The van der Waals surface area contributed by atoms with Gasteiger partial charge in [-0.2, -0.15) is 9.98 Å². The van der Waals surface area contributed by atoms with Crippen molar-refractivity contribution in [2.75, 3.05) is 6.54 Å². The van der Waals surface area contributed by atoms with Crippen LogP contribution < -0.4 is 10.0 Å². The maximum Gasteiger partial charge on any atom is 0.241 e. The highest BCUT2D eigenvalue weighted by atomic mass is 35.5. The molecular weight excluding hydrogens is 314 g/mol. The van der Waals surface area contributed by atoms with Gasteiger partial charge < -0.3 is 5.32 Å². The molecule has 0 unspecified atom stereocenters. The first-order chi connectivity index (χ1) is 9.81. The largest absolute Gasteiger partial charge is 0.355 e. The minimum atomic E-state index is -3.88. The highest BCUT2D eigenvalue weighted by Gasteiger charge is 2.22. The molecule has 0 aliphatic carbocycles. The van der Waals surface area contributed by atoms with Crippen molar-refractivity contribution in [2.24, 2.45) is 0 Å². The molecule has 0 spiro atoms. The van der Waals surface area contributed by atoms with Crippen LogP contribution in [0.25, 0.3) is 0 Å². The molecule has 0 heterocycles. The van der Waals surface area contributed by atoms with Crippen LogP contribution in [-0.2, 0) is 14.8 Å². The number of nitriles is 1. The fraction of sp³-hybridized carbons (Fsp3) is 0.385. The maximum absolute atomic E-state index is 12.1. The van der Waals surface area contributed by atoms with Crippen LogP contribution in [-0.4, -0.2) is 26.9 Å². The van der Waals surface area contributed by atoms with Crippen molar-refractivity contribution in [1.82, 2.24) is 10.0 Å². The van der Waals surface area contributed by atoms with Crippen molar-refractivity contribution in [3.05, 3.63) is 28.8 Å². The van der Waals surface area contributed by atoms with E-state index in [1.54, 1.807) is 0 Å². The van der Waals surface area contributed by atoms with Crippen LogP contribution >= 0.6 is 11.6 Å². The summed E-state index contributed by atoms with van der Waals surface area (Å²) in [6, 6.07) is 4.70. The van der Waals surface area contributed by atoms with E-state index in [1.165, 1.54) is 25.1 Å². The molecule has 0 aliphatic rings. The molecule has 1 atom stereocenters. The number of benzene rings is 1. The van der Waals surface area contributed by atoms with Gasteiger partial charge in [-0.25, -0.2) is 8.42 Å². The number of hydrogen-bond donors (Lipinski definition) is 2. The van der Waals surface area contributed by atoms with Gasteiger partial charge in [0.1, 0.15) is 6.07 Å². The molecule has 1 amide bonds. The van der Waals surface area contributed by atoms with E-state index < -0.39 is 22.0 Å². The van der Waals surface area contributed by atoms with Gasteiger partial charge in [0.25, 0.3) is 0 Å². The van der Waals surface area contributed by atoms with E-state index in [9.17, 15) is 13.2 Å². The number of sulfonamides is 1. The Morgan fingerprint density at radius 3 is 2.67 bits per heavy atom. The summed E-state index contributed by atoms with van der Waals surface area (Å²) < 4.78 is 26.5. The Morgan fingerprint density at radius 2 is 2.14 bits per heavy atom. The maximum atomic E-state index is 12.1. The lowest BCUT2D eigenvalue weighted by Crippen LogP contribution is -2.44. The Bertz CT molecular complexity index is 668. The topological polar surface area (TPSA) is 99.1 Å². The number of amides is 1. The van der Waals surface area contributed by atoms with E-state index in [1.807, 2.05) is 13.0 Å². The Kier molecular flexibility index (Phi) is 6.15. The molecule has 114 valence electrons. The summed E-state index contributed by atoms with van der Waals surface area (Å²) in [5.41, 5.74) is 0.185. The van der Waals surface area contributed by atoms with Gasteiger partial charge in [0.15, 0.2) is 0 Å². The van der Waals surface area contributed by atoms with Gasteiger partial charge in [-0.3, -0.25) is 4.79 Å². The van der Waals surface area contributed by atoms with Crippen molar-refractivity contribution in [1.29, 1.82) is 5.26 Å². The number of halogens is 1. The predicted molar refractivity (Wildman–Crippen MR) is 79.3 cm³/mol. The summed E-state index contributed by atoms with van der Waals surface area (Å²) in [4.78, 5) is 11.6. The van der Waals surface area contributed by atoms with Crippen molar-refractivity contribution in [2.45, 2.75) is 31.2 Å². The fourth-order valence-electron chi connectivity index (χ4n) is 1.51. The lowest BCUT2D eigenvalue weighted by atomic mass is 10.2. The molecule has 0 fully saturated rings. The number of carbonyl (C=O) groups excluding carboxylic acids is 1. The summed E-state index contributed by atoms with van der Waals surface area (Å²) >= 11 is 5.81. The third-order valence-corrected chi connectivity index (χ3v) is 4.50.